The van der Waals surface area contributed by atoms with Crippen LogP contribution < -0.4 is 14.4 Å². The molecule has 2 rings (SSSR count). The van der Waals surface area contributed by atoms with E-state index in [-0.39, 0.29) is 5.69 Å². The molecule has 0 heterocycles. The van der Waals surface area contributed by atoms with E-state index in [1.54, 1.807) is 18.2 Å². The highest BCUT2D eigenvalue weighted by molar-refractivity contribution is 7.92. The summed E-state index contributed by atoms with van der Waals surface area (Å²) in [4.78, 5) is 12.3. The van der Waals surface area contributed by atoms with E-state index in [2.05, 4.69) is 5.32 Å². The predicted octanol–water partition coefficient (Wildman–Crippen LogP) is 2.69. The quantitative estimate of drug-likeness (QED) is 0.831. The Morgan fingerprint density at radius 2 is 1.85 bits per heavy atom. The molecule has 9 heteroatoms. The summed E-state index contributed by atoms with van der Waals surface area (Å²) in [5.74, 6) is -2.58. The second kappa shape index (κ2) is 7.69. The molecule has 1 amide bonds. The maximum Gasteiger partial charge on any atom is 0.245 e. The van der Waals surface area contributed by atoms with Gasteiger partial charge in [-0.25, -0.2) is 17.2 Å². The summed E-state index contributed by atoms with van der Waals surface area (Å²) in [6, 6.07) is 7.72. The van der Waals surface area contributed by atoms with E-state index in [1.165, 1.54) is 7.11 Å². The summed E-state index contributed by atoms with van der Waals surface area (Å²) >= 11 is 0. The van der Waals surface area contributed by atoms with Gasteiger partial charge in [0.25, 0.3) is 0 Å². The monoisotopic (exact) mass is 384 g/mol. The Hall–Kier alpha value is -2.68. The van der Waals surface area contributed by atoms with Gasteiger partial charge in [0.05, 0.1) is 24.7 Å². The number of amides is 1. The molecule has 0 aliphatic heterocycles. The summed E-state index contributed by atoms with van der Waals surface area (Å²) < 4.78 is 56.4. The third-order valence-electron chi connectivity index (χ3n) is 3.51. The number of nitrogens with one attached hydrogen (secondary N) is 1. The lowest BCUT2D eigenvalue weighted by atomic mass is 10.2. The number of methoxy groups -OCH3 is 1. The molecule has 0 aromatic heterocycles. The van der Waals surface area contributed by atoms with E-state index < -0.39 is 34.1 Å². The summed E-state index contributed by atoms with van der Waals surface area (Å²) in [5.41, 5.74) is 1.08. The minimum atomic E-state index is -3.91. The third-order valence-corrected chi connectivity index (χ3v) is 4.65. The zero-order chi connectivity index (χ0) is 19.5. The average Bonchev–Trinajstić information content (AvgIpc) is 2.54. The molecule has 2 aromatic carbocycles. The van der Waals surface area contributed by atoms with E-state index >= 15 is 0 Å². The minimum absolute atomic E-state index is 0.155. The van der Waals surface area contributed by atoms with Crippen LogP contribution in [0.25, 0.3) is 0 Å². The van der Waals surface area contributed by atoms with E-state index in [0.29, 0.717) is 15.7 Å². The Morgan fingerprint density at radius 1 is 1.15 bits per heavy atom. The molecule has 140 valence electrons. The third kappa shape index (κ3) is 4.69. The smallest absolute Gasteiger partial charge is 0.245 e. The molecule has 2 aromatic rings. The lowest BCUT2D eigenvalue weighted by Crippen LogP contribution is -2.37. The van der Waals surface area contributed by atoms with Gasteiger partial charge in [-0.3, -0.25) is 9.10 Å². The zero-order valence-corrected chi connectivity index (χ0v) is 15.2. The number of hydrogen-bond donors (Lipinski definition) is 1. The van der Waals surface area contributed by atoms with Crippen LogP contribution in [0.4, 0.5) is 20.2 Å². The summed E-state index contributed by atoms with van der Waals surface area (Å²) in [6.07, 6.45) is 0.870. The van der Waals surface area contributed by atoms with Crippen molar-refractivity contribution in [2.24, 2.45) is 0 Å². The molecule has 0 unspecified atom stereocenters. The van der Waals surface area contributed by atoms with Crippen molar-refractivity contribution >= 4 is 27.3 Å². The molecule has 0 spiro atoms. The van der Waals surface area contributed by atoms with Crippen LogP contribution in [-0.2, 0) is 14.8 Å². The highest BCUT2D eigenvalue weighted by Gasteiger charge is 2.22. The van der Waals surface area contributed by atoms with E-state index in [4.69, 9.17) is 4.74 Å². The molecule has 0 saturated heterocycles. The Bertz CT molecular complexity index is 932. The molecular weight excluding hydrogens is 366 g/mol. The van der Waals surface area contributed by atoms with Gasteiger partial charge in [-0.2, -0.15) is 0 Å². The second-order valence-corrected chi connectivity index (χ2v) is 7.53. The van der Waals surface area contributed by atoms with Gasteiger partial charge >= 0.3 is 0 Å². The molecule has 0 aliphatic rings. The second-order valence-electron chi connectivity index (χ2n) is 5.62. The lowest BCUT2D eigenvalue weighted by molar-refractivity contribution is -0.114. The highest BCUT2D eigenvalue weighted by Crippen LogP contribution is 2.26. The molecule has 1 N–H and O–H groups in total. The number of halogens is 2. The van der Waals surface area contributed by atoms with Gasteiger partial charge in [-0.05, 0) is 36.8 Å². The Labute approximate surface area is 150 Å². The fourth-order valence-electron chi connectivity index (χ4n) is 2.28. The number of ether oxygens (including phenoxy) is 1. The van der Waals surface area contributed by atoms with Crippen LogP contribution in [0, 0.1) is 18.6 Å². The average molecular weight is 384 g/mol. The Morgan fingerprint density at radius 3 is 2.42 bits per heavy atom. The van der Waals surface area contributed by atoms with Crippen molar-refractivity contribution in [2.45, 2.75) is 6.92 Å². The molecule has 0 radical (unpaired) electrons. The van der Waals surface area contributed by atoms with Crippen molar-refractivity contribution < 1.29 is 26.7 Å². The molecule has 0 saturated carbocycles. The van der Waals surface area contributed by atoms with Gasteiger partial charge in [0.1, 0.15) is 12.3 Å². The standard InChI is InChI=1S/C17H18F2N2O4S/c1-11-4-7-16(25-2)15(8-11)20-17(22)10-21(26(3,23)24)12-5-6-13(18)14(19)9-12/h4-9H,10H2,1-3H3,(H,20,22). The Kier molecular flexibility index (Phi) is 5.81. The normalized spacial score (nSPS) is 11.1. The first-order chi connectivity index (χ1) is 12.1. The molecular formula is C17H18F2N2O4S. The number of nitrogens with zero attached hydrogens (tertiary/aromatic N) is 1. The molecule has 0 aliphatic carbocycles. The first kappa shape index (κ1) is 19.6. The first-order valence-corrected chi connectivity index (χ1v) is 9.34. The van der Waals surface area contributed by atoms with Crippen LogP contribution in [0.3, 0.4) is 0 Å². The topological polar surface area (TPSA) is 75.7 Å². The van der Waals surface area contributed by atoms with Gasteiger partial charge in [-0.15, -0.1) is 0 Å². The molecule has 0 bridgehead atoms. The van der Waals surface area contributed by atoms with Crippen LogP contribution >= 0.6 is 0 Å². The van der Waals surface area contributed by atoms with Gasteiger partial charge in [0.2, 0.25) is 15.9 Å². The zero-order valence-electron chi connectivity index (χ0n) is 14.4. The molecule has 0 atom stereocenters. The van der Waals surface area contributed by atoms with Crippen molar-refractivity contribution in [3.63, 3.8) is 0 Å². The number of rotatable bonds is 6. The van der Waals surface area contributed by atoms with Crippen molar-refractivity contribution in [2.75, 3.05) is 29.5 Å². The van der Waals surface area contributed by atoms with Gasteiger partial charge < -0.3 is 10.1 Å². The number of benzene rings is 2. The molecule has 6 nitrogen and oxygen atoms in total. The Balaban J connectivity index is 2.28. The number of hydrogen-bond acceptors (Lipinski definition) is 4. The first-order valence-electron chi connectivity index (χ1n) is 7.49. The van der Waals surface area contributed by atoms with Crippen LogP contribution in [0.5, 0.6) is 5.75 Å². The number of anilines is 2. The number of sulfonamides is 1. The SMILES string of the molecule is COc1ccc(C)cc1NC(=O)CN(c1ccc(F)c(F)c1)S(C)(=O)=O. The fraction of sp³-hybridized carbons (Fsp3) is 0.235. The maximum absolute atomic E-state index is 13.4. The molecule has 26 heavy (non-hydrogen) atoms. The number of aryl methyl sites for hydroxylation is 1. The van der Waals surface area contributed by atoms with Crippen LogP contribution in [0.1, 0.15) is 5.56 Å². The summed E-state index contributed by atoms with van der Waals surface area (Å²) in [6.45, 7) is 1.21. The van der Waals surface area contributed by atoms with Crippen molar-refractivity contribution in [1.29, 1.82) is 0 Å². The van der Waals surface area contributed by atoms with E-state index in [9.17, 15) is 22.0 Å². The van der Waals surface area contributed by atoms with E-state index in [0.717, 1.165) is 30.0 Å². The predicted molar refractivity (Wildman–Crippen MR) is 94.9 cm³/mol. The van der Waals surface area contributed by atoms with Gasteiger partial charge in [-0.1, -0.05) is 6.07 Å². The minimum Gasteiger partial charge on any atom is -0.495 e. The number of carbonyl (C=O) groups is 1. The van der Waals surface area contributed by atoms with Gasteiger partial charge in [0.15, 0.2) is 11.6 Å². The van der Waals surface area contributed by atoms with Crippen molar-refractivity contribution in [3.05, 3.63) is 53.6 Å². The van der Waals surface area contributed by atoms with E-state index in [1.807, 2.05) is 6.92 Å². The lowest BCUT2D eigenvalue weighted by Gasteiger charge is -2.22. The largest absolute Gasteiger partial charge is 0.495 e. The fourth-order valence-corrected chi connectivity index (χ4v) is 3.13. The van der Waals surface area contributed by atoms with Crippen LogP contribution in [0.15, 0.2) is 36.4 Å². The van der Waals surface area contributed by atoms with Gasteiger partial charge in [0, 0.05) is 6.07 Å². The summed E-state index contributed by atoms with van der Waals surface area (Å²) in [7, 11) is -2.47. The maximum atomic E-state index is 13.4. The van der Waals surface area contributed by atoms with Crippen molar-refractivity contribution in [3.8, 4) is 5.75 Å². The van der Waals surface area contributed by atoms with Crippen molar-refractivity contribution in [1.82, 2.24) is 0 Å². The summed E-state index contributed by atoms with van der Waals surface area (Å²) in [5, 5.41) is 2.56. The highest BCUT2D eigenvalue weighted by atomic mass is 32.2. The van der Waals surface area contributed by atoms with Crippen LogP contribution in [0.2, 0.25) is 0 Å². The number of carbonyl (C=O) groups excluding carboxylic acids is 1. The van der Waals surface area contributed by atoms with Crippen LogP contribution in [-0.4, -0.2) is 34.2 Å². The molecule has 0 fully saturated rings.